The summed E-state index contributed by atoms with van der Waals surface area (Å²) in [7, 11) is 3.22. The van der Waals surface area contributed by atoms with Gasteiger partial charge in [0, 0.05) is 103 Å². The van der Waals surface area contributed by atoms with Gasteiger partial charge in [-0.25, -0.2) is 9.37 Å². The SMILES string of the molecule is CCN(CC)c1ccc2c(-c3ccccc3C(=O)Nc3ccc(SSc4ccc(NC(=S)Nc5ccc(C(=O)O)c(C6=C7C=CCC=C7Oc7cc(O)ccc76)c5)cc4)cc3)c3ccc(=[N+](CC)CC)cc-3oc2c1. The summed E-state index contributed by atoms with van der Waals surface area (Å²) in [6.07, 6.45) is 6.54. The van der Waals surface area contributed by atoms with Gasteiger partial charge in [-0.1, -0.05) is 51.9 Å². The molecule has 0 saturated carbocycles. The maximum atomic E-state index is 14.3. The molecule has 10 rings (SSSR count). The van der Waals surface area contributed by atoms with Crippen molar-refractivity contribution in [3.05, 3.63) is 203 Å². The number of amides is 1. The van der Waals surface area contributed by atoms with Crippen LogP contribution in [-0.4, -0.2) is 53.4 Å². The first-order valence-electron chi connectivity index (χ1n) is 24.9. The van der Waals surface area contributed by atoms with Gasteiger partial charge < -0.3 is 40.2 Å². The molecule has 14 heteroatoms. The number of rotatable bonds is 15. The number of nitrogens with zero attached hydrogens (tertiary/aromatic N) is 2. The van der Waals surface area contributed by atoms with E-state index < -0.39 is 5.97 Å². The van der Waals surface area contributed by atoms with Crippen LogP contribution in [0.1, 0.15) is 66.0 Å². The molecule has 5 N–H and O–H groups in total. The van der Waals surface area contributed by atoms with E-state index in [1.807, 2.05) is 91.0 Å². The van der Waals surface area contributed by atoms with Crippen molar-refractivity contribution in [3.63, 3.8) is 0 Å². The summed E-state index contributed by atoms with van der Waals surface area (Å²) in [5, 5.41) is 32.5. The molecule has 75 heavy (non-hydrogen) atoms. The molecule has 0 atom stereocenters. The highest BCUT2D eigenvalue weighted by atomic mass is 33.1. The molecule has 2 aliphatic carbocycles. The Morgan fingerprint density at radius 2 is 1.37 bits per heavy atom. The van der Waals surface area contributed by atoms with Crippen LogP contribution in [0.2, 0.25) is 0 Å². The first-order chi connectivity index (χ1) is 36.5. The van der Waals surface area contributed by atoms with Gasteiger partial charge in [0.2, 0.25) is 5.36 Å². The molecule has 376 valence electrons. The monoisotopic (exact) mass is 1050 g/mol. The van der Waals surface area contributed by atoms with Gasteiger partial charge in [-0.05, 0) is 167 Å². The van der Waals surface area contributed by atoms with Gasteiger partial charge in [-0.3, -0.25) is 4.79 Å². The zero-order valence-electron chi connectivity index (χ0n) is 41.8. The van der Waals surface area contributed by atoms with Gasteiger partial charge in [-0.2, -0.15) is 0 Å². The predicted molar refractivity (Wildman–Crippen MR) is 311 cm³/mol. The summed E-state index contributed by atoms with van der Waals surface area (Å²) in [5.74, 6) is 0.575. The molecule has 0 aromatic heterocycles. The van der Waals surface area contributed by atoms with Crippen molar-refractivity contribution in [2.24, 2.45) is 0 Å². The number of allylic oxidation sites excluding steroid dienone is 3. The molecule has 2 heterocycles. The number of carboxylic acid groups (broad SMARTS) is 1. The summed E-state index contributed by atoms with van der Waals surface area (Å²) < 4.78 is 15.2. The molecule has 0 radical (unpaired) electrons. The maximum absolute atomic E-state index is 14.3. The van der Waals surface area contributed by atoms with Crippen LogP contribution in [0.5, 0.6) is 11.5 Å². The second kappa shape index (κ2) is 22.2. The third kappa shape index (κ3) is 10.7. The summed E-state index contributed by atoms with van der Waals surface area (Å²) in [5.41, 5.74) is 9.88. The summed E-state index contributed by atoms with van der Waals surface area (Å²) >= 11 is 5.72. The van der Waals surface area contributed by atoms with E-state index in [4.69, 9.17) is 21.4 Å². The maximum Gasteiger partial charge on any atom is 0.336 e. The van der Waals surface area contributed by atoms with E-state index in [2.05, 4.69) is 89.5 Å². The molecular formula is C61H54N5O6S3+. The molecular weight excluding hydrogens is 995 g/mol. The number of carbonyl (C=O) groups excluding carboxylic acids is 1. The van der Waals surface area contributed by atoms with Crippen LogP contribution in [0.15, 0.2) is 189 Å². The third-order valence-electron chi connectivity index (χ3n) is 13.3. The topological polar surface area (TPSA) is 139 Å². The second-order valence-electron chi connectivity index (χ2n) is 17.8. The first kappa shape index (κ1) is 50.5. The Labute approximate surface area is 448 Å². The minimum absolute atomic E-state index is 0.0471. The summed E-state index contributed by atoms with van der Waals surface area (Å²) in [6.45, 7) is 12.1. The Morgan fingerprint density at radius 3 is 2.08 bits per heavy atom. The molecule has 0 unspecified atom stereocenters. The predicted octanol–water partition coefficient (Wildman–Crippen LogP) is 14.2. The molecule has 6 aromatic rings. The van der Waals surface area contributed by atoms with Crippen LogP contribution in [0.3, 0.4) is 0 Å². The average molecular weight is 1050 g/mol. The number of carboxylic acids is 1. The van der Waals surface area contributed by atoms with E-state index in [1.165, 1.54) is 6.07 Å². The van der Waals surface area contributed by atoms with E-state index in [0.29, 0.717) is 56.7 Å². The number of nitrogens with one attached hydrogen (secondary N) is 3. The highest BCUT2D eigenvalue weighted by molar-refractivity contribution is 8.76. The van der Waals surface area contributed by atoms with E-state index in [1.54, 1.807) is 51.9 Å². The van der Waals surface area contributed by atoms with Crippen LogP contribution in [0.25, 0.3) is 39.0 Å². The number of hydrogen-bond acceptors (Lipinski definition) is 9. The Morgan fingerprint density at radius 1 is 0.693 bits per heavy atom. The van der Waals surface area contributed by atoms with Crippen LogP contribution in [-0.2, 0) is 0 Å². The Hall–Kier alpha value is -8.04. The number of ether oxygens (including phenoxy) is 1. The minimum atomic E-state index is -1.07. The van der Waals surface area contributed by atoms with Crippen LogP contribution in [0, 0.1) is 0 Å². The van der Waals surface area contributed by atoms with Gasteiger partial charge in [0.1, 0.15) is 41.7 Å². The Balaban J connectivity index is 0.809. The number of anilines is 4. The normalized spacial score (nSPS) is 12.6. The average Bonchev–Trinajstić information content (AvgIpc) is 3.42. The second-order valence-corrected chi connectivity index (χ2v) is 20.5. The standard InChI is InChI=1S/C61H53N5O6S3/c1-5-65(6-2)40-22-30-49-54(34-40)72-55-35-41(66(7-3)8-4)23-31-50(55)57(49)45-13-9-10-14-46(45)59(68)62-37-17-25-43(26-18-37)74-75-44-27-19-38(20-28-44)63-61(73)64-39-21-29-47(60(69)70)52(33-39)58-48-15-11-12-16-53(48)71-56-36-42(67)24-32-51(56)58/h9-11,13-36H,5-8,12H2,1-4H3,(H4-,62,63,64,67,68,69,70,73)/p+1. The third-order valence-corrected chi connectivity index (χ3v) is 16.0. The zero-order valence-corrected chi connectivity index (χ0v) is 44.2. The quantitative estimate of drug-likeness (QED) is 0.0289. The molecule has 0 bridgehead atoms. The van der Waals surface area contributed by atoms with Crippen LogP contribution in [0.4, 0.5) is 22.7 Å². The first-order valence-corrected chi connectivity index (χ1v) is 27.4. The number of hydrogen-bond donors (Lipinski definition) is 5. The zero-order chi connectivity index (χ0) is 52.2. The molecule has 2 aliphatic heterocycles. The van der Waals surface area contributed by atoms with Crippen LogP contribution < -0.4 is 35.5 Å². The lowest BCUT2D eigenvalue weighted by atomic mass is 9.85. The van der Waals surface area contributed by atoms with Crippen molar-refractivity contribution in [2.45, 2.75) is 43.9 Å². The van der Waals surface area contributed by atoms with Gasteiger partial charge in [-0.15, -0.1) is 0 Å². The fourth-order valence-corrected chi connectivity index (χ4v) is 11.8. The highest BCUT2D eigenvalue weighted by Crippen LogP contribution is 2.46. The van der Waals surface area contributed by atoms with E-state index >= 15 is 0 Å². The minimum Gasteiger partial charge on any atom is -0.508 e. The Kier molecular flexibility index (Phi) is 14.9. The van der Waals surface area contributed by atoms with E-state index in [0.717, 1.165) is 91.7 Å². The fraction of sp³-hybridized carbons (Fsp3) is 0.148. The lowest BCUT2D eigenvalue weighted by molar-refractivity contribution is 0.0696. The van der Waals surface area contributed by atoms with Crippen molar-refractivity contribution >= 4 is 90.1 Å². The number of phenolic OH excluding ortho intramolecular Hbond substituents is 1. The number of thiocarbonyl (C=S) groups is 1. The smallest absolute Gasteiger partial charge is 0.336 e. The molecule has 1 amide bonds. The largest absolute Gasteiger partial charge is 0.508 e. The summed E-state index contributed by atoms with van der Waals surface area (Å²) in [6, 6.07) is 46.1. The van der Waals surface area contributed by atoms with Crippen molar-refractivity contribution in [1.29, 1.82) is 0 Å². The van der Waals surface area contributed by atoms with Crippen molar-refractivity contribution in [1.82, 2.24) is 4.58 Å². The van der Waals surface area contributed by atoms with Crippen LogP contribution >= 0.6 is 33.8 Å². The number of carbonyl (C=O) groups is 2. The molecule has 6 aromatic carbocycles. The highest BCUT2D eigenvalue weighted by Gasteiger charge is 2.29. The molecule has 0 spiro atoms. The number of fused-ring (bicyclic) bond motifs is 4. The van der Waals surface area contributed by atoms with Crippen molar-refractivity contribution in [3.8, 4) is 33.9 Å². The summed E-state index contributed by atoms with van der Waals surface area (Å²) in [4.78, 5) is 31.2. The Bertz CT molecular complexity index is 3670. The van der Waals surface area contributed by atoms with E-state index in [-0.39, 0.29) is 17.2 Å². The molecule has 4 aliphatic rings. The fourth-order valence-electron chi connectivity index (χ4n) is 9.63. The lowest BCUT2D eigenvalue weighted by Gasteiger charge is -2.27. The van der Waals surface area contributed by atoms with Crippen molar-refractivity contribution in [2.75, 3.05) is 47.0 Å². The number of aromatic carboxylic acids is 1. The lowest BCUT2D eigenvalue weighted by Crippen LogP contribution is -2.29. The number of benzene rings is 7. The van der Waals surface area contributed by atoms with E-state index in [9.17, 15) is 19.8 Å². The van der Waals surface area contributed by atoms with Gasteiger partial charge in [0.05, 0.1) is 11.6 Å². The van der Waals surface area contributed by atoms with Gasteiger partial charge in [0.25, 0.3) is 5.91 Å². The number of phenols is 1. The molecule has 0 saturated heterocycles. The molecule has 0 fully saturated rings. The van der Waals surface area contributed by atoms with Crippen molar-refractivity contribution < 1.29 is 29.0 Å². The number of aromatic hydroxyl groups is 1. The van der Waals surface area contributed by atoms with Gasteiger partial charge >= 0.3 is 5.97 Å². The molecule has 11 nitrogen and oxygen atoms in total. The van der Waals surface area contributed by atoms with Gasteiger partial charge in [0.15, 0.2) is 5.11 Å².